The fourth-order valence-corrected chi connectivity index (χ4v) is 3.32. The number of benzene rings is 2. The molecule has 1 amide bonds. The van der Waals surface area contributed by atoms with Crippen LogP contribution in [-0.4, -0.2) is 35.9 Å². The number of para-hydroxylation sites is 1. The number of esters is 1. The van der Waals surface area contributed by atoms with E-state index in [1.807, 2.05) is 24.3 Å². The number of Topliss-reactive ketones (excluding diaryl/α,β-unsaturated/α-hetero) is 1. The second-order valence-corrected chi connectivity index (χ2v) is 7.03. The smallest absolute Gasteiger partial charge is 0.332 e. The van der Waals surface area contributed by atoms with Gasteiger partial charge in [0.25, 0.3) is 0 Å². The summed E-state index contributed by atoms with van der Waals surface area (Å²) in [5.74, 6) is -1.16. The van der Waals surface area contributed by atoms with Gasteiger partial charge in [-0.25, -0.2) is 9.78 Å². The Kier molecular flexibility index (Phi) is 6.46. The first-order valence-electron chi connectivity index (χ1n) is 8.50. The summed E-state index contributed by atoms with van der Waals surface area (Å²) < 4.78 is 11.3. The molecule has 144 valence electrons. The number of carbonyl (C=O) groups excluding carboxylic acids is 3. The van der Waals surface area contributed by atoms with Gasteiger partial charge in [-0.1, -0.05) is 12.1 Å². The lowest BCUT2D eigenvalue weighted by atomic mass is 10.1. The first-order valence-corrected chi connectivity index (χ1v) is 9.31. The molecule has 0 aliphatic heterocycles. The van der Waals surface area contributed by atoms with E-state index < -0.39 is 5.97 Å². The van der Waals surface area contributed by atoms with Crippen LogP contribution < -0.4 is 5.32 Å². The van der Waals surface area contributed by atoms with E-state index in [1.165, 1.54) is 18.3 Å². The highest BCUT2D eigenvalue weighted by Gasteiger charge is 2.11. The molecule has 0 unspecified atom stereocenters. The topological polar surface area (TPSA) is 94.6 Å². The Bertz CT molecular complexity index is 964. The van der Waals surface area contributed by atoms with E-state index in [-0.39, 0.29) is 31.5 Å². The molecule has 0 saturated heterocycles. The number of ether oxygens (including phenoxy) is 2. The Morgan fingerprint density at radius 2 is 1.79 bits per heavy atom. The third kappa shape index (κ3) is 5.45. The molecule has 28 heavy (non-hydrogen) atoms. The van der Waals surface area contributed by atoms with Crippen molar-refractivity contribution in [2.24, 2.45) is 0 Å². The number of nitrogens with zero attached hydrogens (tertiary/aromatic N) is 1. The van der Waals surface area contributed by atoms with Crippen LogP contribution in [0, 0.1) is 0 Å². The monoisotopic (exact) mass is 398 g/mol. The highest BCUT2D eigenvalue weighted by Crippen LogP contribution is 2.21. The van der Waals surface area contributed by atoms with E-state index in [0.29, 0.717) is 11.3 Å². The van der Waals surface area contributed by atoms with Crippen LogP contribution in [0.5, 0.6) is 0 Å². The van der Waals surface area contributed by atoms with E-state index in [2.05, 4.69) is 10.3 Å². The van der Waals surface area contributed by atoms with Crippen LogP contribution in [0.25, 0.3) is 10.2 Å². The molecule has 8 heteroatoms. The van der Waals surface area contributed by atoms with Crippen LogP contribution in [0.2, 0.25) is 0 Å². The molecule has 0 fully saturated rings. The Hall–Kier alpha value is -3.10. The van der Waals surface area contributed by atoms with Crippen LogP contribution in [0.3, 0.4) is 0 Å². The van der Waals surface area contributed by atoms with E-state index in [1.54, 1.807) is 24.3 Å². The Morgan fingerprint density at radius 1 is 1.04 bits per heavy atom. The van der Waals surface area contributed by atoms with Crippen LogP contribution in [0.1, 0.15) is 22.3 Å². The van der Waals surface area contributed by atoms with Gasteiger partial charge in [0.1, 0.15) is 11.6 Å². The van der Waals surface area contributed by atoms with Crippen molar-refractivity contribution in [2.45, 2.75) is 13.5 Å². The number of fused-ring (bicyclic) bond motifs is 1. The highest BCUT2D eigenvalue weighted by molar-refractivity contribution is 7.18. The van der Waals surface area contributed by atoms with E-state index in [4.69, 9.17) is 9.47 Å². The van der Waals surface area contributed by atoms with Gasteiger partial charge in [0.15, 0.2) is 12.4 Å². The molecular formula is C20H18N2O5S. The van der Waals surface area contributed by atoms with Crippen molar-refractivity contribution in [1.29, 1.82) is 0 Å². The fourth-order valence-electron chi connectivity index (χ4n) is 2.42. The van der Waals surface area contributed by atoms with Crippen molar-refractivity contribution in [3.63, 3.8) is 0 Å². The van der Waals surface area contributed by atoms with Crippen LogP contribution in [0.4, 0.5) is 5.69 Å². The summed E-state index contributed by atoms with van der Waals surface area (Å²) in [6.07, 6.45) is 0. The Labute approximate surface area is 165 Å². The molecule has 0 aliphatic carbocycles. The van der Waals surface area contributed by atoms with Crippen molar-refractivity contribution in [3.8, 4) is 0 Å². The number of nitrogens with one attached hydrogen (secondary N) is 1. The first kappa shape index (κ1) is 19.7. The zero-order valence-corrected chi connectivity index (χ0v) is 16.0. The minimum Gasteiger partial charge on any atom is -0.456 e. The first-order chi connectivity index (χ1) is 13.5. The number of carbonyl (C=O) groups is 3. The van der Waals surface area contributed by atoms with Crippen LogP contribution in [-0.2, 0) is 25.7 Å². The molecule has 3 aromatic rings. The molecule has 1 N–H and O–H groups in total. The third-order valence-corrected chi connectivity index (χ3v) is 4.69. The second kappa shape index (κ2) is 9.20. The zero-order chi connectivity index (χ0) is 19.9. The molecule has 3 rings (SSSR count). The number of aromatic nitrogens is 1. The number of thiazole rings is 1. The van der Waals surface area contributed by atoms with Gasteiger partial charge in [-0.3, -0.25) is 9.59 Å². The molecule has 0 atom stereocenters. The number of ketones is 1. The van der Waals surface area contributed by atoms with Gasteiger partial charge >= 0.3 is 5.97 Å². The summed E-state index contributed by atoms with van der Waals surface area (Å²) >= 11 is 1.50. The van der Waals surface area contributed by atoms with Gasteiger partial charge in [0, 0.05) is 18.2 Å². The maximum Gasteiger partial charge on any atom is 0.332 e. The molecule has 2 aromatic carbocycles. The van der Waals surface area contributed by atoms with Gasteiger partial charge < -0.3 is 14.8 Å². The van der Waals surface area contributed by atoms with Crippen LogP contribution >= 0.6 is 11.3 Å². The highest BCUT2D eigenvalue weighted by atomic mass is 32.1. The number of rotatable bonds is 8. The summed E-state index contributed by atoms with van der Waals surface area (Å²) in [6.45, 7) is 0.970. The standard InChI is InChI=1S/C20H18N2O5S/c1-13(23)21-15-8-6-14(7-9-15)17(24)10-27-20(25)12-26-11-19-22-16-4-2-3-5-18(16)28-19/h2-9H,10-12H2,1H3,(H,21,23). The molecule has 0 bridgehead atoms. The number of hydrogen-bond acceptors (Lipinski definition) is 7. The Morgan fingerprint density at radius 3 is 2.50 bits per heavy atom. The second-order valence-electron chi connectivity index (χ2n) is 5.91. The minimum atomic E-state index is -0.621. The van der Waals surface area contributed by atoms with Gasteiger partial charge in [0.2, 0.25) is 5.91 Å². The molecular weight excluding hydrogens is 380 g/mol. The summed E-state index contributed by atoms with van der Waals surface area (Å²) in [7, 11) is 0. The van der Waals surface area contributed by atoms with Gasteiger partial charge in [-0.2, -0.15) is 0 Å². The lowest BCUT2D eigenvalue weighted by molar-refractivity contribution is -0.148. The number of anilines is 1. The molecule has 7 nitrogen and oxygen atoms in total. The van der Waals surface area contributed by atoms with E-state index in [0.717, 1.165) is 15.2 Å². The normalized spacial score (nSPS) is 10.6. The predicted molar refractivity (Wildman–Crippen MR) is 105 cm³/mol. The molecule has 0 radical (unpaired) electrons. The summed E-state index contributed by atoms with van der Waals surface area (Å²) in [4.78, 5) is 39.2. The average molecular weight is 398 g/mol. The van der Waals surface area contributed by atoms with E-state index in [9.17, 15) is 14.4 Å². The van der Waals surface area contributed by atoms with E-state index >= 15 is 0 Å². The maximum absolute atomic E-state index is 12.1. The number of amides is 1. The largest absolute Gasteiger partial charge is 0.456 e. The van der Waals surface area contributed by atoms with Crippen molar-refractivity contribution in [2.75, 3.05) is 18.5 Å². The Balaban J connectivity index is 1.41. The lowest BCUT2D eigenvalue weighted by Gasteiger charge is -2.06. The van der Waals surface area contributed by atoms with Crippen molar-refractivity contribution in [3.05, 3.63) is 59.1 Å². The molecule has 0 spiro atoms. The van der Waals surface area contributed by atoms with Crippen molar-refractivity contribution < 1.29 is 23.9 Å². The average Bonchev–Trinajstić information content (AvgIpc) is 3.09. The summed E-state index contributed by atoms with van der Waals surface area (Å²) in [5.41, 5.74) is 1.87. The summed E-state index contributed by atoms with van der Waals surface area (Å²) in [5, 5.41) is 3.38. The molecule has 0 saturated carbocycles. The van der Waals surface area contributed by atoms with Gasteiger partial charge in [-0.05, 0) is 36.4 Å². The summed E-state index contributed by atoms with van der Waals surface area (Å²) in [6, 6.07) is 14.1. The zero-order valence-electron chi connectivity index (χ0n) is 15.1. The van der Waals surface area contributed by atoms with Crippen LogP contribution in [0.15, 0.2) is 48.5 Å². The SMILES string of the molecule is CC(=O)Nc1ccc(C(=O)COC(=O)COCc2nc3ccccc3s2)cc1. The quantitative estimate of drug-likeness (QED) is 0.463. The molecule has 1 aromatic heterocycles. The maximum atomic E-state index is 12.1. The van der Waals surface area contributed by atoms with Crippen molar-refractivity contribution >= 4 is 44.9 Å². The molecule has 0 aliphatic rings. The van der Waals surface area contributed by atoms with Crippen molar-refractivity contribution in [1.82, 2.24) is 4.98 Å². The number of hydrogen-bond donors (Lipinski definition) is 1. The fraction of sp³-hybridized carbons (Fsp3) is 0.200. The minimum absolute atomic E-state index is 0.196. The van der Waals surface area contributed by atoms with Gasteiger partial charge in [0.05, 0.1) is 16.8 Å². The lowest BCUT2D eigenvalue weighted by Crippen LogP contribution is -2.18. The third-order valence-electron chi connectivity index (χ3n) is 3.68. The molecule has 1 heterocycles. The van der Waals surface area contributed by atoms with Gasteiger partial charge in [-0.15, -0.1) is 11.3 Å². The predicted octanol–water partition coefficient (Wildman–Crippen LogP) is 3.20.